The summed E-state index contributed by atoms with van der Waals surface area (Å²) in [6.07, 6.45) is 1.87. The van der Waals surface area contributed by atoms with Crippen molar-refractivity contribution >= 4 is 29.9 Å². The van der Waals surface area contributed by atoms with E-state index in [1.807, 2.05) is 63.2 Å². The molecular formula is C21H31IN4O2. The molecule has 1 aromatic heterocycles. The lowest BCUT2D eigenvalue weighted by molar-refractivity contribution is 0.0617. The quantitative estimate of drug-likeness (QED) is 0.295. The van der Waals surface area contributed by atoms with E-state index in [1.165, 1.54) is 0 Å². The van der Waals surface area contributed by atoms with Crippen molar-refractivity contribution in [3.8, 4) is 5.88 Å². The molecule has 0 bridgehead atoms. The Morgan fingerprint density at radius 2 is 1.89 bits per heavy atom. The van der Waals surface area contributed by atoms with Crippen molar-refractivity contribution in [2.75, 3.05) is 13.1 Å². The number of aliphatic imine (C=N–C) groups is 1. The number of benzene rings is 1. The van der Waals surface area contributed by atoms with Crippen LogP contribution in [0.15, 0.2) is 53.7 Å². The Hall–Kier alpha value is -1.87. The molecular weight excluding hydrogens is 467 g/mol. The molecule has 1 heterocycles. The molecule has 0 amide bonds. The zero-order valence-electron chi connectivity index (χ0n) is 17.0. The number of halogens is 1. The Labute approximate surface area is 184 Å². The number of aromatic nitrogens is 1. The van der Waals surface area contributed by atoms with Crippen molar-refractivity contribution in [2.45, 2.75) is 45.9 Å². The van der Waals surface area contributed by atoms with Gasteiger partial charge in [-0.15, -0.1) is 24.0 Å². The van der Waals surface area contributed by atoms with E-state index in [0.717, 1.165) is 17.7 Å². The number of guanidine groups is 1. The predicted octanol–water partition coefficient (Wildman–Crippen LogP) is 3.45. The fourth-order valence-electron chi connectivity index (χ4n) is 2.48. The number of aliphatic hydroxyl groups is 1. The van der Waals surface area contributed by atoms with E-state index in [9.17, 15) is 5.11 Å². The van der Waals surface area contributed by atoms with Crippen molar-refractivity contribution in [1.82, 2.24) is 15.6 Å². The van der Waals surface area contributed by atoms with Crippen LogP contribution in [0.2, 0.25) is 0 Å². The van der Waals surface area contributed by atoms with Gasteiger partial charge in [0.25, 0.3) is 0 Å². The van der Waals surface area contributed by atoms with Crippen LogP contribution in [0, 0.1) is 0 Å². The molecule has 28 heavy (non-hydrogen) atoms. The average Bonchev–Trinajstić information content (AvgIpc) is 2.65. The molecule has 0 fully saturated rings. The topological polar surface area (TPSA) is 78.8 Å². The highest BCUT2D eigenvalue weighted by Crippen LogP contribution is 2.18. The molecule has 0 spiro atoms. The van der Waals surface area contributed by atoms with Gasteiger partial charge < -0.3 is 20.5 Å². The van der Waals surface area contributed by atoms with Gasteiger partial charge in [-0.05, 0) is 38.8 Å². The van der Waals surface area contributed by atoms with Crippen molar-refractivity contribution in [2.24, 2.45) is 4.99 Å². The van der Waals surface area contributed by atoms with E-state index in [1.54, 1.807) is 13.1 Å². The predicted molar refractivity (Wildman–Crippen MR) is 124 cm³/mol. The third-order valence-electron chi connectivity index (χ3n) is 3.91. The molecule has 0 saturated carbocycles. The van der Waals surface area contributed by atoms with Gasteiger partial charge in [-0.25, -0.2) is 9.98 Å². The fraction of sp³-hybridized carbons (Fsp3) is 0.429. The Balaban J connectivity index is 0.00000392. The van der Waals surface area contributed by atoms with E-state index in [2.05, 4.69) is 20.6 Å². The Morgan fingerprint density at radius 3 is 2.46 bits per heavy atom. The van der Waals surface area contributed by atoms with Crippen LogP contribution in [-0.4, -0.2) is 35.2 Å². The monoisotopic (exact) mass is 498 g/mol. The Kier molecular flexibility index (Phi) is 10.2. The standard InChI is InChI=1S/C21H30N4O2.HI/c1-5-22-20(25-15-21(4,26)18-9-7-6-8-10-18)24-14-17-11-12-19(23-13-17)27-16(2)3;/h6-13,16,26H,5,14-15H2,1-4H3,(H2,22,24,25);1H. The van der Waals surface area contributed by atoms with E-state index < -0.39 is 5.60 Å². The van der Waals surface area contributed by atoms with Crippen LogP contribution < -0.4 is 15.4 Å². The van der Waals surface area contributed by atoms with Crippen molar-refractivity contribution in [3.63, 3.8) is 0 Å². The molecule has 1 unspecified atom stereocenters. The number of pyridine rings is 1. The number of rotatable bonds is 8. The van der Waals surface area contributed by atoms with Crippen LogP contribution in [0.3, 0.4) is 0 Å². The summed E-state index contributed by atoms with van der Waals surface area (Å²) in [6.45, 7) is 9.30. The van der Waals surface area contributed by atoms with Crippen molar-refractivity contribution < 1.29 is 9.84 Å². The SMILES string of the molecule is CCNC(=NCc1ccc(OC(C)C)nc1)NCC(C)(O)c1ccccc1.I. The largest absolute Gasteiger partial charge is 0.475 e. The minimum absolute atomic E-state index is 0. The normalized spacial score (nSPS) is 13.4. The molecule has 3 N–H and O–H groups in total. The van der Waals surface area contributed by atoms with E-state index >= 15 is 0 Å². The lowest BCUT2D eigenvalue weighted by atomic mass is 9.96. The van der Waals surface area contributed by atoms with Gasteiger partial charge in [0.1, 0.15) is 5.60 Å². The minimum atomic E-state index is -0.991. The van der Waals surface area contributed by atoms with Gasteiger partial charge in [0.05, 0.1) is 19.2 Å². The third kappa shape index (κ3) is 8.02. The number of nitrogens with zero attached hydrogens (tertiary/aromatic N) is 2. The first-order valence-corrected chi connectivity index (χ1v) is 9.32. The van der Waals surface area contributed by atoms with E-state index in [0.29, 0.717) is 24.9 Å². The van der Waals surface area contributed by atoms with Crippen LogP contribution in [-0.2, 0) is 12.1 Å². The van der Waals surface area contributed by atoms with Crippen LogP contribution in [0.4, 0.5) is 0 Å². The molecule has 0 saturated heterocycles. The molecule has 1 aromatic carbocycles. The average molecular weight is 498 g/mol. The first-order valence-electron chi connectivity index (χ1n) is 9.32. The van der Waals surface area contributed by atoms with Gasteiger partial charge in [0.15, 0.2) is 5.96 Å². The maximum Gasteiger partial charge on any atom is 0.213 e. The zero-order chi connectivity index (χ0) is 19.7. The third-order valence-corrected chi connectivity index (χ3v) is 3.91. The summed E-state index contributed by atoms with van der Waals surface area (Å²) in [7, 11) is 0. The molecule has 1 atom stereocenters. The summed E-state index contributed by atoms with van der Waals surface area (Å²) < 4.78 is 5.55. The highest BCUT2D eigenvalue weighted by molar-refractivity contribution is 14.0. The Morgan fingerprint density at radius 1 is 1.18 bits per heavy atom. The lowest BCUT2D eigenvalue weighted by Crippen LogP contribution is -2.44. The fourth-order valence-corrected chi connectivity index (χ4v) is 2.48. The molecule has 2 rings (SSSR count). The first kappa shape index (κ1) is 24.2. The van der Waals surface area contributed by atoms with Crippen molar-refractivity contribution in [1.29, 1.82) is 0 Å². The maximum absolute atomic E-state index is 10.7. The van der Waals surface area contributed by atoms with Crippen LogP contribution in [0.5, 0.6) is 5.88 Å². The van der Waals surface area contributed by atoms with Gasteiger partial charge in [-0.3, -0.25) is 0 Å². The molecule has 0 aliphatic rings. The molecule has 0 aliphatic heterocycles. The summed E-state index contributed by atoms with van der Waals surface area (Å²) >= 11 is 0. The van der Waals surface area contributed by atoms with Crippen LogP contribution in [0.1, 0.15) is 38.8 Å². The lowest BCUT2D eigenvalue weighted by Gasteiger charge is -2.25. The molecule has 7 heteroatoms. The number of ether oxygens (including phenoxy) is 1. The first-order chi connectivity index (χ1) is 12.9. The van der Waals surface area contributed by atoms with E-state index in [-0.39, 0.29) is 30.1 Å². The van der Waals surface area contributed by atoms with E-state index in [4.69, 9.17) is 4.74 Å². The van der Waals surface area contributed by atoms with Gasteiger partial charge in [0.2, 0.25) is 5.88 Å². The molecule has 0 aliphatic carbocycles. The Bertz CT molecular complexity index is 719. The maximum atomic E-state index is 10.7. The van der Waals surface area contributed by atoms with Gasteiger partial charge in [-0.2, -0.15) is 0 Å². The summed E-state index contributed by atoms with van der Waals surface area (Å²) in [5.41, 5.74) is 0.853. The summed E-state index contributed by atoms with van der Waals surface area (Å²) in [5, 5.41) is 17.1. The second-order valence-corrected chi connectivity index (χ2v) is 6.86. The summed E-state index contributed by atoms with van der Waals surface area (Å²) in [4.78, 5) is 8.87. The molecule has 2 aromatic rings. The summed E-state index contributed by atoms with van der Waals surface area (Å²) in [6, 6.07) is 13.4. The highest BCUT2D eigenvalue weighted by atomic mass is 127. The number of hydrogen-bond donors (Lipinski definition) is 3. The molecule has 154 valence electrons. The van der Waals surface area contributed by atoms with Gasteiger partial charge in [0, 0.05) is 18.8 Å². The van der Waals surface area contributed by atoms with Crippen molar-refractivity contribution in [3.05, 3.63) is 59.8 Å². The minimum Gasteiger partial charge on any atom is -0.475 e. The van der Waals surface area contributed by atoms with Gasteiger partial charge >= 0.3 is 0 Å². The van der Waals surface area contributed by atoms with Crippen LogP contribution >= 0.6 is 24.0 Å². The molecule has 0 radical (unpaired) electrons. The second-order valence-electron chi connectivity index (χ2n) is 6.86. The highest BCUT2D eigenvalue weighted by Gasteiger charge is 2.22. The smallest absolute Gasteiger partial charge is 0.213 e. The number of hydrogen-bond acceptors (Lipinski definition) is 4. The zero-order valence-corrected chi connectivity index (χ0v) is 19.3. The second kappa shape index (κ2) is 11.9. The van der Waals surface area contributed by atoms with Crippen LogP contribution in [0.25, 0.3) is 0 Å². The molecule has 6 nitrogen and oxygen atoms in total. The van der Waals surface area contributed by atoms with Gasteiger partial charge in [-0.1, -0.05) is 36.4 Å². The summed E-state index contributed by atoms with van der Waals surface area (Å²) in [5.74, 6) is 1.26. The number of nitrogens with one attached hydrogen (secondary N) is 2.